The van der Waals surface area contributed by atoms with Crippen LogP contribution in [0.15, 0.2) is 53.6 Å². The summed E-state index contributed by atoms with van der Waals surface area (Å²) in [7, 11) is 0. The predicted molar refractivity (Wildman–Crippen MR) is 105 cm³/mol. The number of aromatic nitrogens is 4. The number of ether oxygens (including phenoxy) is 2. The van der Waals surface area contributed by atoms with Crippen molar-refractivity contribution in [3.05, 3.63) is 49.1 Å². The van der Waals surface area contributed by atoms with Crippen LogP contribution in [0.2, 0.25) is 0 Å². The molecule has 2 heterocycles. The Hall–Kier alpha value is -3.68. The van der Waals surface area contributed by atoms with Gasteiger partial charge in [0.1, 0.15) is 12.1 Å². The van der Waals surface area contributed by atoms with E-state index in [0.717, 1.165) is 22.2 Å². The highest BCUT2D eigenvalue weighted by atomic mass is 16.5. The summed E-state index contributed by atoms with van der Waals surface area (Å²) in [6.45, 7) is 4.95. The smallest absolute Gasteiger partial charge is 0.214 e. The Bertz CT molecular complexity index is 1080. The highest BCUT2D eigenvalue weighted by Crippen LogP contribution is 2.35. The molecule has 2 aromatic carbocycles. The second-order valence-corrected chi connectivity index (χ2v) is 5.87. The molecule has 0 bridgehead atoms. The standard InChI is InChI=1S/C20H19N5O3/c1-3-26-17-9-15-16(10-18(17)27-4-2)21-11-22-20(15)24-14-7-5-6-13(8-14)19-23-12-28-25-19/h5-12H,3-4H2,1-2H3,(H,21,22,24). The van der Waals surface area contributed by atoms with E-state index >= 15 is 0 Å². The zero-order chi connectivity index (χ0) is 19.3. The summed E-state index contributed by atoms with van der Waals surface area (Å²) < 4.78 is 16.2. The van der Waals surface area contributed by atoms with E-state index < -0.39 is 0 Å². The lowest BCUT2D eigenvalue weighted by Crippen LogP contribution is -2.01. The second kappa shape index (κ2) is 7.91. The summed E-state index contributed by atoms with van der Waals surface area (Å²) in [5, 5.41) is 8.04. The first-order chi connectivity index (χ1) is 13.8. The molecular weight excluding hydrogens is 358 g/mol. The van der Waals surface area contributed by atoms with Crippen molar-refractivity contribution in [2.75, 3.05) is 18.5 Å². The summed E-state index contributed by atoms with van der Waals surface area (Å²) in [6.07, 6.45) is 2.82. The van der Waals surface area contributed by atoms with Crippen LogP contribution < -0.4 is 14.8 Å². The van der Waals surface area contributed by atoms with Gasteiger partial charge in [0.05, 0.1) is 18.7 Å². The Morgan fingerprint density at radius 2 is 1.79 bits per heavy atom. The van der Waals surface area contributed by atoms with Crippen LogP contribution >= 0.6 is 0 Å². The van der Waals surface area contributed by atoms with Crippen LogP contribution in [0.1, 0.15) is 13.8 Å². The normalized spacial score (nSPS) is 10.8. The molecule has 0 spiro atoms. The van der Waals surface area contributed by atoms with Gasteiger partial charge >= 0.3 is 0 Å². The van der Waals surface area contributed by atoms with Gasteiger partial charge in [-0.2, -0.15) is 4.98 Å². The number of hydrogen-bond donors (Lipinski definition) is 1. The number of hydrogen-bond acceptors (Lipinski definition) is 8. The van der Waals surface area contributed by atoms with E-state index in [4.69, 9.17) is 14.0 Å². The van der Waals surface area contributed by atoms with Crippen LogP contribution in [0.3, 0.4) is 0 Å². The van der Waals surface area contributed by atoms with Gasteiger partial charge in [0.25, 0.3) is 0 Å². The molecule has 0 amide bonds. The van der Waals surface area contributed by atoms with E-state index in [9.17, 15) is 0 Å². The summed E-state index contributed by atoms with van der Waals surface area (Å²) in [6, 6.07) is 11.5. The Morgan fingerprint density at radius 1 is 0.964 bits per heavy atom. The maximum absolute atomic E-state index is 5.74. The molecule has 1 N–H and O–H groups in total. The first-order valence-corrected chi connectivity index (χ1v) is 8.96. The molecule has 0 saturated carbocycles. The number of anilines is 2. The summed E-state index contributed by atoms with van der Waals surface area (Å²) in [5.74, 6) is 2.52. The van der Waals surface area contributed by atoms with Gasteiger partial charge < -0.3 is 19.3 Å². The molecule has 0 unspecified atom stereocenters. The van der Waals surface area contributed by atoms with Crippen molar-refractivity contribution in [1.29, 1.82) is 0 Å². The van der Waals surface area contributed by atoms with Crippen LogP contribution in [0.25, 0.3) is 22.3 Å². The molecule has 4 rings (SSSR count). The fourth-order valence-electron chi connectivity index (χ4n) is 2.87. The third-order valence-corrected chi connectivity index (χ3v) is 4.05. The second-order valence-electron chi connectivity index (χ2n) is 5.87. The molecule has 8 heteroatoms. The van der Waals surface area contributed by atoms with Gasteiger partial charge in [-0.3, -0.25) is 0 Å². The van der Waals surface area contributed by atoms with Crippen LogP contribution in [-0.4, -0.2) is 33.3 Å². The van der Waals surface area contributed by atoms with E-state index in [0.29, 0.717) is 36.4 Å². The molecule has 0 fully saturated rings. The van der Waals surface area contributed by atoms with Crippen LogP contribution in [-0.2, 0) is 0 Å². The number of fused-ring (bicyclic) bond motifs is 1. The van der Waals surface area contributed by atoms with Gasteiger partial charge in [0.15, 0.2) is 11.5 Å². The predicted octanol–water partition coefficient (Wildman–Crippen LogP) is 4.22. The minimum absolute atomic E-state index is 0.524. The van der Waals surface area contributed by atoms with E-state index in [1.807, 2.05) is 50.2 Å². The molecule has 8 nitrogen and oxygen atoms in total. The van der Waals surface area contributed by atoms with Crippen LogP contribution in [0.5, 0.6) is 11.5 Å². The molecular formula is C20H19N5O3. The molecule has 28 heavy (non-hydrogen) atoms. The molecule has 2 aromatic heterocycles. The molecule has 4 aromatic rings. The average Bonchev–Trinajstić information content (AvgIpc) is 3.24. The minimum Gasteiger partial charge on any atom is -0.490 e. The summed E-state index contributed by atoms with van der Waals surface area (Å²) in [5.41, 5.74) is 2.44. The van der Waals surface area contributed by atoms with Gasteiger partial charge in [-0.15, -0.1) is 0 Å². The first kappa shape index (κ1) is 17.7. The maximum atomic E-state index is 5.74. The lowest BCUT2D eigenvalue weighted by Gasteiger charge is -2.14. The summed E-state index contributed by atoms with van der Waals surface area (Å²) in [4.78, 5) is 12.9. The van der Waals surface area contributed by atoms with Crippen LogP contribution in [0.4, 0.5) is 11.5 Å². The topological polar surface area (TPSA) is 95.2 Å². The quantitative estimate of drug-likeness (QED) is 0.511. The fraction of sp³-hybridized carbons (Fsp3) is 0.200. The van der Waals surface area contributed by atoms with Crippen molar-refractivity contribution in [1.82, 2.24) is 20.1 Å². The van der Waals surface area contributed by atoms with E-state index in [2.05, 4.69) is 25.4 Å². The van der Waals surface area contributed by atoms with Crippen molar-refractivity contribution in [3.8, 4) is 22.9 Å². The highest BCUT2D eigenvalue weighted by molar-refractivity contribution is 5.93. The molecule has 0 aliphatic carbocycles. The monoisotopic (exact) mass is 377 g/mol. The van der Waals surface area contributed by atoms with Crippen molar-refractivity contribution in [3.63, 3.8) is 0 Å². The number of nitrogens with zero attached hydrogens (tertiary/aromatic N) is 4. The van der Waals surface area contributed by atoms with Crippen molar-refractivity contribution in [2.45, 2.75) is 13.8 Å². The van der Waals surface area contributed by atoms with E-state index in [-0.39, 0.29) is 0 Å². The molecule has 142 valence electrons. The third kappa shape index (κ3) is 3.57. The maximum Gasteiger partial charge on any atom is 0.214 e. The minimum atomic E-state index is 0.524. The van der Waals surface area contributed by atoms with Crippen molar-refractivity contribution in [2.24, 2.45) is 0 Å². The van der Waals surface area contributed by atoms with Crippen molar-refractivity contribution >= 4 is 22.4 Å². The molecule has 0 saturated heterocycles. The number of benzene rings is 2. The molecule has 0 radical (unpaired) electrons. The highest BCUT2D eigenvalue weighted by Gasteiger charge is 2.12. The van der Waals surface area contributed by atoms with Gasteiger partial charge in [0.2, 0.25) is 12.2 Å². The van der Waals surface area contributed by atoms with Crippen molar-refractivity contribution < 1.29 is 14.0 Å². The number of nitrogens with one attached hydrogen (secondary N) is 1. The van der Waals surface area contributed by atoms with Gasteiger partial charge in [-0.05, 0) is 32.0 Å². The summed E-state index contributed by atoms with van der Waals surface area (Å²) >= 11 is 0. The average molecular weight is 377 g/mol. The Morgan fingerprint density at radius 3 is 2.54 bits per heavy atom. The van der Waals surface area contributed by atoms with Gasteiger partial charge in [-0.1, -0.05) is 17.3 Å². The fourth-order valence-corrected chi connectivity index (χ4v) is 2.87. The number of rotatable bonds is 7. The third-order valence-electron chi connectivity index (χ3n) is 4.05. The SMILES string of the molecule is CCOc1cc2ncnc(Nc3cccc(-c4ncon4)c3)c2cc1OCC. The van der Waals surface area contributed by atoms with Gasteiger partial charge in [-0.25, -0.2) is 9.97 Å². The Labute approximate surface area is 161 Å². The largest absolute Gasteiger partial charge is 0.490 e. The van der Waals surface area contributed by atoms with E-state index in [1.165, 1.54) is 12.7 Å². The Balaban J connectivity index is 1.73. The lowest BCUT2D eigenvalue weighted by molar-refractivity contribution is 0.288. The van der Waals surface area contributed by atoms with Gasteiger partial charge in [0, 0.05) is 22.7 Å². The molecule has 0 atom stereocenters. The lowest BCUT2D eigenvalue weighted by atomic mass is 10.1. The zero-order valence-corrected chi connectivity index (χ0v) is 15.5. The van der Waals surface area contributed by atoms with E-state index in [1.54, 1.807) is 0 Å². The molecule has 0 aliphatic rings. The Kier molecular flexibility index (Phi) is 5.01. The zero-order valence-electron chi connectivity index (χ0n) is 15.5. The van der Waals surface area contributed by atoms with Crippen LogP contribution in [0, 0.1) is 0 Å². The first-order valence-electron chi connectivity index (χ1n) is 8.96. The molecule has 0 aliphatic heterocycles.